The first-order valence-electron chi connectivity index (χ1n) is 6.21. The summed E-state index contributed by atoms with van der Waals surface area (Å²) in [6, 6.07) is 0. The number of pyridine rings is 1. The zero-order chi connectivity index (χ0) is 11.8. The lowest BCUT2D eigenvalue weighted by molar-refractivity contribution is 0.923. The van der Waals surface area contributed by atoms with Crippen LogP contribution >= 0.6 is 0 Å². The van der Waals surface area contributed by atoms with Gasteiger partial charge in [-0.05, 0) is 30.9 Å². The third-order valence-corrected chi connectivity index (χ3v) is 3.60. The van der Waals surface area contributed by atoms with Crippen molar-refractivity contribution in [3.8, 4) is 0 Å². The highest BCUT2D eigenvalue weighted by atomic mass is 15.2. The second kappa shape index (κ2) is 4.04. The number of nitrogens with two attached hydrogens (primary N) is 1. The molecule has 2 aromatic heterocycles. The average molecular weight is 230 g/mol. The van der Waals surface area contributed by atoms with Crippen LogP contribution < -0.4 is 10.6 Å². The molecule has 90 valence electrons. The molecular weight excluding hydrogens is 212 g/mol. The maximum absolute atomic E-state index is 5.92. The molecule has 2 aromatic rings. The number of hydrogen-bond donors (Lipinski definition) is 1. The van der Waals surface area contributed by atoms with Gasteiger partial charge in [0.25, 0.3) is 0 Å². The molecule has 3 heterocycles. The molecular formula is C13H18N4. The van der Waals surface area contributed by atoms with Crippen molar-refractivity contribution in [1.29, 1.82) is 0 Å². The van der Waals surface area contributed by atoms with Crippen molar-refractivity contribution in [1.82, 2.24) is 9.38 Å². The van der Waals surface area contributed by atoms with Crippen LogP contribution in [0, 0.1) is 6.92 Å². The van der Waals surface area contributed by atoms with E-state index >= 15 is 0 Å². The quantitative estimate of drug-likeness (QED) is 0.854. The number of aromatic nitrogens is 2. The van der Waals surface area contributed by atoms with Crippen LogP contribution in [0.25, 0.3) is 5.65 Å². The Kier molecular flexibility index (Phi) is 2.52. The summed E-state index contributed by atoms with van der Waals surface area (Å²) in [6.07, 6.45) is 8.51. The van der Waals surface area contributed by atoms with Gasteiger partial charge >= 0.3 is 0 Å². The largest absolute Gasteiger partial charge is 0.368 e. The van der Waals surface area contributed by atoms with E-state index in [0.717, 1.165) is 18.7 Å². The number of anilines is 1. The fourth-order valence-corrected chi connectivity index (χ4v) is 2.74. The molecule has 1 saturated heterocycles. The molecule has 0 aliphatic carbocycles. The average Bonchev–Trinajstić information content (AvgIpc) is 2.97. The smallest absolute Gasteiger partial charge is 0.160 e. The van der Waals surface area contributed by atoms with Crippen LogP contribution in [0.2, 0.25) is 0 Å². The number of nitrogens with zero attached hydrogens (tertiary/aromatic N) is 3. The summed E-state index contributed by atoms with van der Waals surface area (Å²) in [7, 11) is 0. The van der Waals surface area contributed by atoms with Crippen LogP contribution in [-0.2, 0) is 6.54 Å². The molecule has 17 heavy (non-hydrogen) atoms. The first-order chi connectivity index (χ1) is 8.31. The predicted molar refractivity (Wildman–Crippen MR) is 69.3 cm³/mol. The van der Waals surface area contributed by atoms with Gasteiger partial charge in [0.1, 0.15) is 0 Å². The van der Waals surface area contributed by atoms with Gasteiger partial charge in [-0.15, -0.1) is 0 Å². The van der Waals surface area contributed by atoms with Gasteiger partial charge in [-0.3, -0.25) is 0 Å². The summed E-state index contributed by atoms with van der Waals surface area (Å²) in [5.41, 5.74) is 10.7. The first-order valence-corrected chi connectivity index (χ1v) is 6.21. The maximum Gasteiger partial charge on any atom is 0.160 e. The summed E-state index contributed by atoms with van der Waals surface area (Å²) in [4.78, 5) is 6.91. The molecule has 0 amide bonds. The minimum atomic E-state index is 0.584. The van der Waals surface area contributed by atoms with Crippen molar-refractivity contribution in [2.75, 3.05) is 18.0 Å². The molecule has 0 aromatic carbocycles. The topological polar surface area (TPSA) is 46.6 Å². The van der Waals surface area contributed by atoms with E-state index in [1.54, 1.807) is 0 Å². The molecule has 4 heteroatoms. The number of imidazole rings is 1. The van der Waals surface area contributed by atoms with Crippen molar-refractivity contribution < 1.29 is 0 Å². The van der Waals surface area contributed by atoms with E-state index in [1.807, 2.05) is 12.4 Å². The Hall–Kier alpha value is -1.55. The second-order valence-corrected chi connectivity index (χ2v) is 4.70. The highest BCUT2D eigenvalue weighted by molar-refractivity contribution is 5.74. The zero-order valence-corrected chi connectivity index (χ0v) is 10.2. The van der Waals surface area contributed by atoms with Crippen LogP contribution in [0.3, 0.4) is 0 Å². The van der Waals surface area contributed by atoms with Crippen molar-refractivity contribution >= 4 is 11.3 Å². The zero-order valence-electron chi connectivity index (χ0n) is 10.2. The highest BCUT2D eigenvalue weighted by Crippen LogP contribution is 2.30. The molecule has 0 bridgehead atoms. The van der Waals surface area contributed by atoms with Gasteiger partial charge in [-0.1, -0.05) is 0 Å². The summed E-state index contributed by atoms with van der Waals surface area (Å²) in [5.74, 6) is 0. The summed E-state index contributed by atoms with van der Waals surface area (Å²) in [5, 5.41) is 0. The van der Waals surface area contributed by atoms with Crippen molar-refractivity contribution in [3.05, 3.63) is 29.7 Å². The standard InChI is InChI=1S/C13H18N4/c1-10-9-17-7-4-15-13(17)12(11(10)8-14)16-5-2-3-6-16/h4,7,9H,2-3,5-6,8,14H2,1H3. The summed E-state index contributed by atoms with van der Waals surface area (Å²) in [6.45, 7) is 4.96. The van der Waals surface area contributed by atoms with Crippen molar-refractivity contribution in [2.45, 2.75) is 26.3 Å². The number of rotatable bonds is 2. The summed E-state index contributed by atoms with van der Waals surface area (Å²) < 4.78 is 2.10. The van der Waals surface area contributed by atoms with Gasteiger partial charge in [-0.25, -0.2) is 4.98 Å². The highest BCUT2D eigenvalue weighted by Gasteiger charge is 2.20. The van der Waals surface area contributed by atoms with Crippen molar-refractivity contribution in [3.63, 3.8) is 0 Å². The molecule has 1 aliphatic rings. The minimum Gasteiger partial charge on any atom is -0.368 e. The molecule has 0 spiro atoms. The lowest BCUT2D eigenvalue weighted by Gasteiger charge is -2.23. The molecule has 2 N–H and O–H groups in total. The van der Waals surface area contributed by atoms with E-state index in [4.69, 9.17) is 5.73 Å². The molecule has 1 fully saturated rings. The van der Waals surface area contributed by atoms with Gasteiger partial charge in [0.15, 0.2) is 5.65 Å². The van der Waals surface area contributed by atoms with E-state index in [9.17, 15) is 0 Å². The number of hydrogen-bond acceptors (Lipinski definition) is 3. The van der Waals surface area contributed by atoms with Crippen molar-refractivity contribution in [2.24, 2.45) is 5.73 Å². The molecule has 0 unspecified atom stereocenters. The van der Waals surface area contributed by atoms with E-state index in [1.165, 1.54) is 29.7 Å². The molecule has 0 radical (unpaired) electrons. The number of aryl methyl sites for hydroxylation is 1. The van der Waals surface area contributed by atoms with Gasteiger partial charge in [-0.2, -0.15) is 0 Å². The van der Waals surface area contributed by atoms with Crippen LogP contribution in [-0.4, -0.2) is 22.5 Å². The fraction of sp³-hybridized carbons (Fsp3) is 0.462. The van der Waals surface area contributed by atoms with E-state index < -0.39 is 0 Å². The Bertz CT molecular complexity index is 538. The van der Waals surface area contributed by atoms with Gasteiger partial charge < -0.3 is 15.0 Å². The SMILES string of the molecule is Cc1cn2ccnc2c(N2CCCC2)c1CN. The van der Waals surface area contributed by atoms with Crippen LogP contribution in [0.15, 0.2) is 18.6 Å². The van der Waals surface area contributed by atoms with Gasteiger partial charge in [0.05, 0.1) is 5.69 Å². The molecule has 0 atom stereocenters. The second-order valence-electron chi connectivity index (χ2n) is 4.70. The lowest BCUT2D eigenvalue weighted by Crippen LogP contribution is -2.22. The van der Waals surface area contributed by atoms with Crippen LogP contribution in [0.4, 0.5) is 5.69 Å². The molecule has 0 saturated carbocycles. The minimum absolute atomic E-state index is 0.584. The molecule has 3 rings (SSSR count). The summed E-state index contributed by atoms with van der Waals surface area (Å²) >= 11 is 0. The van der Waals surface area contributed by atoms with Crippen LogP contribution in [0.5, 0.6) is 0 Å². The van der Waals surface area contributed by atoms with E-state index in [0.29, 0.717) is 6.54 Å². The maximum atomic E-state index is 5.92. The Labute approximate surface area is 101 Å². The normalized spacial score (nSPS) is 16.0. The lowest BCUT2D eigenvalue weighted by atomic mass is 10.1. The first kappa shape index (κ1) is 10.6. The monoisotopic (exact) mass is 230 g/mol. The Morgan fingerprint density at radius 1 is 1.35 bits per heavy atom. The Balaban J connectivity index is 2.26. The third-order valence-electron chi connectivity index (χ3n) is 3.60. The molecule has 1 aliphatic heterocycles. The van der Waals surface area contributed by atoms with Gasteiger partial charge in [0, 0.05) is 38.2 Å². The van der Waals surface area contributed by atoms with Crippen LogP contribution in [0.1, 0.15) is 24.0 Å². The van der Waals surface area contributed by atoms with Gasteiger partial charge in [0.2, 0.25) is 0 Å². The van der Waals surface area contributed by atoms with E-state index in [-0.39, 0.29) is 0 Å². The predicted octanol–water partition coefficient (Wildman–Crippen LogP) is 1.70. The Morgan fingerprint density at radius 2 is 2.12 bits per heavy atom. The van der Waals surface area contributed by atoms with E-state index in [2.05, 4.69) is 27.4 Å². The fourth-order valence-electron chi connectivity index (χ4n) is 2.74. The Morgan fingerprint density at radius 3 is 2.82 bits per heavy atom. The third kappa shape index (κ3) is 1.60. The number of fused-ring (bicyclic) bond motifs is 1. The molecule has 4 nitrogen and oxygen atoms in total.